The van der Waals surface area contributed by atoms with Gasteiger partial charge >= 0.3 is 0 Å². The SMILES string of the molecule is C[NH2+]CCc1c[nH]c2cccc(O)c12.C[NH2+]CCc1c[nH]c2cccc(O)c12.O=C([O-])/C=C/C(=O)[O-]. The average Bonchev–Trinajstić information content (AvgIpc) is 3.46. The van der Waals surface area contributed by atoms with E-state index in [0.29, 0.717) is 23.7 Å². The molecular weight excluding hydrogens is 464 g/mol. The topological polar surface area (TPSA) is 186 Å². The fraction of sp³-hybridized carbons (Fsp3) is 0.231. The van der Waals surface area contributed by atoms with Crippen LogP contribution in [0.5, 0.6) is 11.5 Å². The number of aromatic nitrogens is 2. The molecule has 2 aromatic heterocycles. The number of carbonyl (C=O) groups is 2. The Morgan fingerprint density at radius 3 is 1.50 bits per heavy atom. The van der Waals surface area contributed by atoms with E-state index in [0.717, 1.165) is 47.7 Å². The lowest BCUT2D eigenvalue weighted by molar-refractivity contribution is -0.626. The highest BCUT2D eigenvalue weighted by molar-refractivity contribution is 5.90. The monoisotopic (exact) mass is 496 g/mol. The molecule has 0 unspecified atom stereocenters. The highest BCUT2D eigenvalue weighted by atomic mass is 16.4. The first-order valence-corrected chi connectivity index (χ1v) is 11.5. The number of hydrogen-bond acceptors (Lipinski definition) is 6. The second kappa shape index (κ2) is 14.2. The molecule has 0 fully saturated rings. The van der Waals surface area contributed by atoms with Gasteiger partial charge in [0.15, 0.2) is 0 Å². The lowest BCUT2D eigenvalue weighted by Crippen LogP contribution is -2.80. The second-order valence-corrected chi connectivity index (χ2v) is 7.89. The molecule has 0 aliphatic carbocycles. The first kappa shape index (κ1) is 28.0. The molecule has 2 heterocycles. The second-order valence-electron chi connectivity index (χ2n) is 7.89. The van der Waals surface area contributed by atoms with Crippen molar-refractivity contribution in [1.29, 1.82) is 0 Å². The van der Waals surface area contributed by atoms with E-state index in [9.17, 15) is 30.0 Å². The molecule has 10 nitrogen and oxygen atoms in total. The van der Waals surface area contributed by atoms with Gasteiger partial charge in [-0.3, -0.25) is 0 Å². The van der Waals surface area contributed by atoms with E-state index in [1.807, 2.05) is 36.7 Å². The molecule has 0 bridgehead atoms. The number of likely N-dealkylation sites (N-methyl/N-ethyl adjacent to an activating group) is 2. The summed E-state index contributed by atoms with van der Waals surface area (Å²) in [5.74, 6) is -2.35. The molecule has 0 spiro atoms. The van der Waals surface area contributed by atoms with Gasteiger partial charge in [-0.25, -0.2) is 0 Å². The van der Waals surface area contributed by atoms with Crippen molar-refractivity contribution in [1.82, 2.24) is 9.97 Å². The van der Waals surface area contributed by atoms with Gasteiger partial charge in [-0.15, -0.1) is 0 Å². The highest BCUT2D eigenvalue weighted by Crippen LogP contribution is 2.28. The number of nitrogens with two attached hydrogens (primary N) is 2. The Labute approximate surface area is 208 Å². The number of fused-ring (bicyclic) bond motifs is 2. The molecule has 0 atom stereocenters. The molecule has 0 aliphatic rings. The Morgan fingerprint density at radius 1 is 0.778 bits per heavy atom. The van der Waals surface area contributed by atoms with Crippen LogP contribution in [0.15, 0.2) is 60.9 Å². The third kappa shape index (κ3) is 8.19. The van der Waals surface area contributed by atoms with Crippen molar-refractivity contribution >= 4 is 33.7 Å². The summed E-state index contributed by atoms with van der Waals surface area (Å²) in [5, 5.41) is 44.5. The zero-order valence-corrected chi connectivity index (χ0v) is 20.3. The van der Waals surface area contributed by atoms with Crippen LogP contribution in [0.2, 0.25) is 0 Å². The molecule has 0 aliphatic heterocycles. The average molecular weight is 497 g/mol. The summed E-state index contributed by atoms with van der Waals surface area (Å²) in [6.45, 7) is 2.09. The minimum absolute atomic E-state index is 0.370. The van der Waals surface area contributed by atoms with Crippen molar-refractivity contribution in [2.45, 2.75) is 12.8 Å². The number of phenolic OH excluding ortho intramolecular Hbond substituents is 2. The van der Waals surface area contributed by atoms with Crippen LogP contribution in [0.4, 0.5) is 0 Å². The number of carbonyl (C=O) groups excluding carboxylic acids is 2. The number of quaternary nitrogens is 2. The number of aromatic hydroxyl groups is 2. The number of hydrogen-bond donors (Lipinski definition) is 6. The highest BCUT2D eigenvalue weighted by Gasteiger charge is 2.08. The van der Waals surface area contributed by atoms with E-state index in [1.165, 1.54) is 11.1 Å². The third-order valence-electron chi connectivity index (χ3n) is 5.29. The fourth-order valence-electron chi connectivity index (χ4n) is 3.60. The van der Waals surface area contributed by atoms with E-state index in [2.05, 4.69) is 34.7 Å². The van der Waals surface area contributed by atoms with Crippen LogP contribution in [0, 0.1) is 0 Å². The van der Waals surface area contributed by atoms with Crippen LogP contribution in [-0.2, 0) is 22.4 Å². The lowest BCUT2D eigenvalue weighted by atomic mass is 10.1. The number of aromatic amines is 2. The molecule has 10 heteroatoms. The Hall–Kier alpha value is -4.28. The predicted molar refractivity (Wildman–Crippen MR) is 132 cm³/mol. The molecule has 36 heavy (non-hydrogen) atoms. The van der Waals surface area contributed by atoms with Crippen molar-refractivity contribution in [3.8, 4) is 11.5 Å². The smallest absolute Gasteiger partial charge is 0.125 e. The summed E-state index contributed by atoms with van der Waals surface area (Å²) in [6.07, 6.45) is 6.69. The molecule has 0 radical (unpaired) electrons. The quantitative estimate of drug-likeness (QED) is 0.157. The number of rotatable bonds is 8. The van der Waals surface area contributed by atoms with Crippen molar-refractivity contribution < 1.29 is 40.6 Å². The van der Waals surface area contributed by atoms with Gasteiger partial charge in [0.2, 0.25) is 0 Å². The van der Waals surface area contributed by atoms with Crippen LogP contribution in [0.25, 0.3) is 21.8 Å². The fourth-order valence-corrected chi connectivity index (χ4v) is 3.60. The Balaban J connectivity index is 0.000000199. The molecule has 0 saturated carbocycles. The van der Waals surface area contributed by atoms with E-state index < -0.39 is 11.9 Å². The summed E-state index contributed by atoms with van der Waals surface area (Å²) in [7, 11) is 4.10. The summed E-state index contributed by atoms with van der Waals surface area (Å²) in [6, 6.07) is 11.1. The lowest BCUT2D eigenvalue weighted by Gasteiger charge is -1.98. The standard InChI is InChI=1S/2C11H14N2O.C4H4O4/c2*1-12-6-5-8-7-13-9-3-2-4-10(14)11(8)9;5-3(6)1-2-4(7)8/h2*2-4,7,12-14H,5-6H2,1H3;1-2H,(H,5,6)(H,7,8)/b;;2-1+. The van der Waals surface area contributed by atoms with Crippen LogP contribution < -0.4 is 20.8 Å². The van der Waals surface area contributed by atoms with Crippen molar-refractivity contribution in [3.05, 3.63) is 72.1 Å². The Bertz CT molecular complexity index is 1210. The molecule has 192 valence electrons. The molecule has 0 saturated heterocycles. The summed E-state index contributed by atoms with van der Waals surface area (Å²) in [4.78, 5) is 25.2. The van der Waals surface area contributed by atoms with Crippen LogP contribution >= 0.6 is 0 Å². The van der Waals surface area contributed by atoms with Crippen LogP contribution in [0.1, 0.15) is 11.1 Å². The largest absolute Gasteiger partial charge is 0.545 e. The third-order valence-corrected chi connectivity index (χ3v) is 5.29. The summed E-state index contributed by atoms with van der Waals surface area (Å²) >= 11 is 0. The van der Waals surface area contributed by atoms with E-state index in [-0.39, 0.29) is 0 Å². The van der Waals surface area contributed by atoms with Gasteiger partial charge in [0.1, 0.15) is 11.5 Å². The maximum atomic E-state index is 9.71. The van der Waals surface area contributed by atoms with Gasteiger partial charge in [0.05, 0.1) is 39.1 Å². The summed E-state index contributed by atoms with van der Waals surface area (Å²) < 4.78 is 0. The molecule has 4 aromatic rings. The maximum absolute atomic E-state index is 9.71. The molecule has 8 N–H and O–H groups in total. The van der Waals surface area contributed by atoms with Crippen molar-refractivity contribution in [2.24, 2.45) is 0 Å². The Kier molecular flexibility index (Phi) is 11.0. The number of benzene rings is 2. The number of carboxylic acids is 2. The van der Waals surface area contributed by atoms with Crippen molar-refractivity contribution in [2.75, 3.05) is 27.2 Å². The van der Waals surface area contributed by atoms with Gasteiger partial charge in [0, 0.05) is 47.0 Å². The normalized spacial score (nSPS) is 10.6. The zero-order valence-electron chi connectivity index (χ0n) is 20.3. The molecular formula is C26H32N4O6. The number of nitrogens with one attached hydrogen (secondary N) is 2. The van der Waals surface area contributed by atoms with Crippen LogP contribution in [0.3, 0.4) is 0 Å². The van der Waals surface area contributed by atoms with Gasteiger partial charge in [-0.2, -0.15) is 0 Å². The number of carboxylic acid groups (broad SMARTS) is 2. The predicted octanol–water partition coefficient (Wildman–Crippen LogP) is -1.74. The van der Waals surface area contributed by atoms with E-state index >= 15 is 0 Å². The van der Waals surface area contributed by atoms with Gasteiger partial charge in [0.25, 0.3) is 0 Å². The van der Waals surface area contributed by atoms with Gasteiger partial charge in [-0.1, -0.05) is 12.1 Å². The zero-order chi connectivity index (χ0) is 26.5. The Morgan fingerprint density at radius 2 is 1.17 bits per heavy atom. The first-order valence-electron chi connectivity index (χ1n) is 11.5. The maximum Gasteiger partial charge on any atom is 0.125 e. The van der Waals surface area contributed by atoms with Gasteiger partial charge < -0.3 is 50.6 Å². The van der Waals surface area contributed by atoms with Crippen molar-refractivity contribution in [3.63, 3.8) is 0 Å². The van der Waals surface area contributed by atoms with E-state index in [4.69, 9.17) is 0 Å². The van der Waals surface area contributed by atoms with E-state index in [1.54, 1.807) is 12.1 Å². The molecule has 4 rings (SSSR count). The number of aliphatic carboxylic acids is 2. The number of phenols is 2. The number of H-pyrrole nitrogens is 2. The molecule has 0 amide bonds. The summed E-state index contributed by atoms with van der Waals surface area (Å²) in [5.41, 5.74) is 4.40. The minimum Gasteiger partial charge on any atom is -0.545 e. The minimum atomic E-state index is -1.55. The molecule has 2 aromatic carbocycles. The first-order chi connectivity index (χ1) is 17.3. The van der Waals surface area contributed by atoms with Gasteiger partial charge in [-0.05, 0) is 47.5 Å². The van der Waals surface area contributed by atoms with Crippen LogP contribution in [-0.4, -0.2) is 59.3 Å².